The molecule has 0 saturated carbocycles. The van der Waals surface area contributed by atoms with Gasteiger partial charge in [0.15, 0.2) is 0 Å². The van der Waals surface area contributed by atoms with Crippen LogP contribution < -0.4 is 9.47 Å². The number of carbonyl (C=O) groups is 2. The number of aryl methyl sites for hydroxylation is 2. The van der Waals surface area contributed by atoms with Crippen LogP contribution >= 0.6 is 0 Å². The zero-order valence-corrected chi connectivity index (χ0v) is 29.3. The van der Waals surface area contributed by atoms with Crippen molar-refractivity contribution in [1.29, 1.82) is 0 Å². The fourth-order valence-electron chi connectivity index (χ4n) is 5.62. The van der Waals surface area contributed by atoms with Gasteiger partial charge >= 0.3 is 11.9 Å². The van der Waals surface area contributed by atoms with Crippen LogP contribution in [0.3, 0.4) is 0 Å². The topological polar surface area (TPSA) is 61.8 Å². The molecule has 0 aromatic heterocycles. The lowest BCUT2D eigenvalue weighted by Gasteiger charge is -2.13. The van der Waals surface area contributed by atoms with Crippen LogP contribution in [0, 0.1) is 0 Å². The van der Waals surface area contributed by atoms with Gasteiger partial charge in [0.1, 0.15) is 11.5 Å². The summed E-state index contributed by atoms with van der Waals surface area (Å²) in [6.45, 7) is 7.16. The van der Waals surface area contributed by atoms with Crippen LogP contribution in [-0.2, 0) is 17.6 Å². The highest BCUT2D eigenvalue weighted by molar-refractivity contribution is 5.92. The standard InChI is InChI=1S/C42H58O5/c1-4-6-8-10-11-12-13-14-15-17-33-45-39-29-23-36(24-30-39)20-19-35-21-25-37(26-22-35)42(44)47-40-31-27-38(28-32-40)41(43)46-34(3)18-16-9-7-5-2/h21-32,34H,4-20,33H2,1-3H3/t34-/m1/s1. The molecule has 0 aliphatic rings. The Morgan fingerprint density at radius 2 is 0.979 bits per heavy atom. The van der Waals surface area contributed by atoms with Crippen LogP contribution in [0.5, 0.6) is 11.5 Å². The summed E-state index contributed by atoms with van der Waals surface area (Å²) in [5.41, 5.74) is 3.35. The van der Waals surface area contributed by atoms with E-state index in [1.165, 1.54) is 76.2 Å². The van der Waals surface area contributed by atoms with Crippen molar-refractivity contribution in [3.63, 3.8) is 0 Å². The Kier molecular flexibility index (Phi) is 18.4. The van der Waals surface area contributed by atoms with Crippen LogP contribution in [0.2, 0.25) is 0 Å². The van der Waals surface area contributed by atoms with E-state index in [2.05, 4.69) is 38.1 Å². The zero-order valence-electron chi connectivity index (χ0n) is 29.3. The van der Waals surface area contributed by atoms with Crippen molar-refractivity contribution >= 4 is 11.9 Å². The van der Waals surface area contributed by atoms with Gasteiger partial charge in [-0.15, -0.1) is 0 Å². The lowest BCUT2D eigenvalue weighted by atomic mass is 10.0. The van der Waals surface area contributed by atoms with Crippen LogP contribution in [0.25, 0.3) is 0 Å². The normalized spacial score (nSPS) is 11.6. The molecule has 256 valence electrons. The molecule has 0 bridgehead atoms. The number of hydrogen-bond donors (Lipinski definition) is 0. The summed E-state index contributed by atoms with van der Waals surface area (Å²) in [5, 5.41) is 0. The largest absolute Gasteiger partial charge is 0.494 e. The summed E-state index contributed by atoms with van der Waals surface area (Å²) in [6, 6.07) is 22.5. The number of esters is 2. The summed E-state index contributed by atoms with van der Waals surface area (Å²) in [7, 11) is 0. The quantitative estimate of drug-likeness (QED) is 0.0553. The molecular weight excluding hydrogens is 584 g/mol. The third kappa shape index (κ3) is 15.7. The molecule has 0 saturated heterocycles. The molecule has 3 rings (SSSR count). The van der Waals surface area contributed by atoms with E-state index in [4.69, 9.17) is 14.2 Å². The number of benzene rings is 3. The van der Waals surface area contributed by atoms with Gasteiger partial charge in [0, 0.05) is 0 Å². The third-order valence-corrected chi connectivity index (χ3v) is 8.65. The fourth-order valence-corrected chi connectivity index (χ4v) is 5.62. The Morgan fingerprint density at radius 3 is 1.55 bits per heavy atom. The molecule has 0 radical (unpaired) electrons. The highest BCUT2D eigenvalue weighted by Gasteiger charge is 2.14. The average molecular weight is 643 g/mol. The van der Waals surface area contributed by atoms with Crippen molar-refractivity contribution in [1.82, 2.24) is 0 Å². The SMILES string of the molecule is CCCCCCCCCCCCOc1ccc(CCc2ccc(C(=O)Oc3ccc(C(=O)O[C@H](C)CCCCCC)cc3)cc2)cc1. The number of rotatable bonds is 24. The maximum absolute atomic E-state index is 12.7. The van der Waals surface area contributed by atoms with Gasteiger partial charge in [0.2, 0.25) is 0 Å². The molecule has 1 atom stereocenters. The van der Waals surface area contributed by atoms with Crippen molar-refractivity contribution in [2.24, 2.45) is 0 Å². The van der Waals surface area contributed by atoms with Gasteiger partial charge in [-0.3, -0.25) is 0 Å². The molecule has 0 unspecified atom stereocenters. The van der Waals surface area contributed by atoms with E-state index in [-0.39, 0.29) is 12.1 Å². The summed E-state index contributed by atoms with van der Waals surface area (Å²) >= 11 is 0. The van der Waals surface area contributed by atoms with Crippen molar-refractivity contribution < 1.29 is 23.8 Å². The Bertz CT molecular complexity index is 1260. The molecule has 0 amide bonds. The lowest BCUT2D eigenvalue weighted by Crippen LogP contribution is -2.15. The van der Waals surface area contributed by atoms with Crippen molar-refractivity contribution in [3.8, 4) is 11.5 Å². The van der Waals surface area contributed by atoms with E-state index >= 15 is 0 Å². The van der Waals surface area contributed by atoms with E-state index in [0.717, 1.165) is 56.4 Å². The number of carbonyl (C=O) groups excluding carboxylic acids is 2. The molecule has 0 aliphatic carbocycles. The minimum absolute atomic E-state index is 0.121. The second-order valence-corrected chi connectivity index (χ2v) is 12.9. The first kappa shape index (κ1) is 37.9. The van der Waals surface area contributed by atoms with Crippen LogP contribution in [0.4, 0.5) is 0 Å². The molecule has 3 aromatic rings. The monoisotopic (exact) mass is 642 g/mol. The van der Waals surface area contributed by atoms with Crippen molar-refractivity contribution in [2.75, 3.05) is 6.61 Å². The van der Waals surface area contributed by atoms with E-state index in [1.54, 1.807) is 36.4 Å². The zero-order chi connectivity index (χ0) is 33.5. The van der Waals surface area contributed by atoms with E-state index in [0.29, 0.717) is 16.9 Å². The first-order chi connectivity index (χ1) is 23.0. The number of ether oxygens (including phenoxy) is 3. The Hall–Kier alpha value is -3.60. The minimum atomic E-state index is -0.430. The maximum Gasteiger partial charge on any atom is 0.343 e. The van der Waals surface area contributed by atoms with E-state index in [1.807, 2.05) is 19.1 Å². The van der Waals surface area contributed by atoms with Gasteiger partial charge < -0.3 is 14.2 Å². The summed E-state index contributed by atoms with van der Waals surface area (Å²) in [4.78, 5) is 25.2. The molecule has 5 nitrogen and oxygen atoms in total. The minimum Gasteiger partial charge on any atom is -0.494 e. The molecule has 47 heavy (non-hydrogen) atoms. The third-order valence-electron chi connectivity index (χ3n) is 8.65. The molecule has 0 spiro atoms. The summed E-state index contributed by atoms with van der Waals surface area (Å²) < 4.78 is 17.1. The number of unbranched alkanes of at least 4 members (excludes halogenated alkanes) is 12. The Balaban J connectivity index is 1.31. The first-order valence-corrected chi connectivity index (χ1v) is 18.3. The molecule has 0 aliphatic heterocycles. The molecular formula is C42H58O5. The maximum atomic E-state index is 12.7. The lowest BCUT2D eigenvalue weighted by molar-refractivity contribution is 0.0319. The smallest absolute Gasteiger partial charge is 0.343 e. The Labute approximate surface area is 284 Å². The molecule has 0 heterocycles. The average Bonchev–Trinajstić information content (AvgIpc) is 3.09. The second kappa shape index (κ2) is 22.8. The fraction of sp³-hybridized carbons (Fsp3) is 0.524. The number of hydrogen-bond acceptors (Lipinski definition) is 5. The van der Waals surface area contributed by atoms with Crippen LogP contribution in [-0.4, -0.2) is 24.6 Å². The predicted octanol–water partition coefficient (Wildman–Crippen LogP) is 11.5. The Morgan fingerprint density at radius 1 is 0.532 bits per heavy atom. The second-order valence-electron chi connectivity index (χ2n) is 12.9. The van der Waals surface area contributed by atoms with Crippen LogP contribution in [0.15, 0.2) is 72.8 Å². The summed E-state index contributed by atoms with van der Waals surface area (Å²) in [6.07, 6.45) is 20.4. The van der Waals surface area contributed by atoms with E-state index in [9.17, 15) is 9.59 Å². The van der Waals surface area contributed by atoms with Gasteiger partial charge in [0.05, 0.1) is 23.8 Å². The molecule has 5 heteroatoms. The first-order valence-electron chi connectivity index (χ1n) is 18.3. The van der Waals surface area contributed by atoms with Gasteiger partial charge in [-0.05, 0) is 98.7 Å². The van der Waals surface area contributed by atoms with Crippen molar-refractivity contribution in [3.05, 3.63) is 95.1 Å². The van der Waals surface area contributed by atoms with Gasteiger partial charge in [-0.2, -0.15) is 0 Å². The molecule has 3 aromatic carbocycles. The van der Waals surface area contributed by atoms with Crippen LogP contribution in [0.1, 0.15) is 149 Å². The van der Waals surface area contributed by atoms with Gasteiger partial charge in [0.25, 0.3) is 0 Å². The highest BCUT2D eigenvalue weighted by atomic mass is 16.5. The molecule has 0 fully saturated rings. The van der Waals surface area contributed by atoms with Crippen molar-refractivity contribution in [2.45, 2.75) is 136 Å². The van der Waals surface area contributed by atoms with Gasteiger partial charge in [-0.25, -0.2) is 9.59 Å². The molecule has 0 N–H and O–H groups in total. The highest BCUT2D eigenvalue weighted by Crippen LogP contribution is 2.19. The summed E-state index contributed by atoms with van der Waals surface area (Å²) in [5.74, 6) is 0.537. The van der Waals surface area contributed by atoms with E-state index < -0.39 is 5.97 Å². The predicted molar refractivity (Wildman–Crippen MR) is 193 cm³/mol. The van der Waals surface area contributed by atoms with Gasteiger partial charge in [-0.1, -0.05) is 115 Å².